The van der Waals surface area contributed by atoms with Gasteiger partial charge < -0.3 is 8.98 Å². The van der Waals surface area contributed by atoms with Crippen molar-refractivity contribution >= 4 is 11.1 Å². The molecule has 88 valence electrons. The van der Waals surface area contributed by atoms with E-state index >= 15 is 0 Å². The highest BCUT2D eigenvalue weighted by Gasteiger charge is 2.11. The summed E-state index contributed by atoms with van der Waals surface area (Å²) in [6.45, 7) is 1.94. The first-order valence-electron chi connectivity index (χ1n) is 5.61. The average Bonchev–Trinajstić information content (AvgIpc) is 2.95. The summed E-state index contributed by atoms with van der Waals surface area (Å²) in [5, 5.41) is 9.05. The molecule has 0 saturated heterocycles. The number of nitrogens with zero attached hydrogens (tertiary/aromatic N) is 3. The van der Waals surface area contributed by atoms with Gasteiger partial charge in [0.25, 0.3) is 0 Å². The molecule has 0 atom stereocenters. The topological polar surface area (TPSA) is 54.8 Å². The Kier molecular flexibility index (Phi) is 2.20. The lowest BCUT2D eigenvalue weighted by Crippen LogP contribution is -1.94. The molecule has 4 nitrogen and oxygen atoms in total. The summed E-state index contributed by atoms with van der Waals surface area (Å²) in [5.74, 6) is 0. The molecular formula is C14H11N3O. The molecule has 0 unspecified atom stereocenters. The fourth-order valence-electron chi connectivity index (χ4n) is 2.10. The SMILES string of the molecule is Cc1c(C#N)cc(-c2ccc3ncoc3c2)n1C. The number of fused-ring (bicyclic) bond motifs is 1. The summed E-state index contributed by atoms with van der Waals surface area (Å²) >= 11 is 0. The van der Waals surface area contributed by atoms with E-state index in [1.54, 1.807) is 0 Å². The first kappa shape index (κ1) is 10.6. The number of oxazole rings is 1. The molecule has 0 radical (unpaired) electrons. The summed E-state index contributed by atoms with van der Waals surface area (Å²) in [6.07, 6.45) is 1.44. The summed E-state index contributed by atoms with van der Waals surface area (Å²) < 4.78 is 7.31. The number of hydrogen-bond donors (Lipinski definition) is 0. The van der Waals surface area contributed by atoms with Crippen LogP contribution in [0.25, 0.3) is 22.4 Å². The van der Waals surface area contributed by atoms with E-state index in [9.17, 15) is 0 Å². The fourth-order valence-corrected chi connectivity index (χ4v) is 2.10. The average molecular weight is 237 g/mol. The van der Waals surface area contributed by atoms with Crippen LogP contribution in [0.4, 0.5) is 0 Å². The maximum atomic E-state index is 9.05. The van der Waals surface area contributed by atoms with E-state index in [0.717, 1.165) is 28.1 Å². The molecule has 0 spiro atoms. The van der Waals surface area contributed by atoms with Gasteiger partial charge in [-0.05, 0) is 25.1 Å². The van der Waals surface area contributed by atoms with Crippen LogP contribution in [0.1, 0.15) is 11.3 Å². The fraction of sp³-hybridized carbons (Fsp3) is 0.143. The van der Waals surface area contributed by atoms with E-state index in [2.05, 4.69) is 11.1 Å². The molecule has 1 aromatic carbocycles. The van der Waals surface area contributed by atoms with E-state index in [4.69, 9.17) is 9.68 Å². The zero-order valence-electron chi connectivity index (χ0n) is 10.1. The van der Waals surface area contributed by atoms with Crippen molar-refractivity contribution in [3.8, 4) is 17.3 Å². The molecule has 0 amide bonds. The van der Waals surface area contributed by atoms with Crippen LogP contribution in [-0.4, -0.2) is 9.55 Å². The van der Waals surface area contributed by atoms with E-state index in [1.807, 2.05) is 42.8 Å². The van der Waals surface area contributed by atoms with E-state index in [1.165, 1.54) is 6.39 Å². The first-order valence-corrected chi connectivity index (χ1v) is 5.61. The van der Waals surface area contributed by atoms with Crippen molar-refractivity contribution in [1.29, 1.82) is 5.26 Å². The van der Waals surface area contributed by atoms with Crippen LogP contribution < -0.4 is 0 Å². The second-order valence-corrected chi connectivity index (χ2v) is 4.23. The van der Waals surface area contributed by atoms with Crippen LogP contribution in [-0.2, 0) is 7.05 Å². The molecule has 4 heteroatoms. The molecule has 0 fully saturated rings. The molecular weight excluding hydrogens is 226 g/mol. The molecule has 0 aliphatic heterocycles. The van der Waals surface area contributed by atoms with Gasteiger partial charge in [-0.3, -0.25) is 0 Å². The summed E-state index contributed by atoms with van der Waals surface area (Å²) in [6, 6.07) is 9.95. The number of hydrogen-bond acceptors (Lipinski definition) is 3. The second kappa shape index (κ2) is 3.74. The smallest absolute Gasteiger partial charge is 0.181 e. The van der Waals surface area contributed by atoms with E-state index < -0.39 is 0 Å². The monoisotopic (exact) mass is 237 g/mol. The van der Waals surface area contributed by atoms with Crippen LogP contribution >= 0.6 is 0 Å². The Hall–Kier alpha value is -2.54. The van der Waals surface area contributed by atoms with Crippen molar-refractivity contribution in [2.75, 3.05) is 0 Å². The summed E-state index contributed by atoms with van der Waals surface area (Å²) in [5.41, 5.74) is 5.28. The van der Waals surface area contributed by atoms with Crippen LogP contribution in [0.2, 0.25) is 0 Å². The highest BCUT2D eigenvalue weighted by Crippen LogP contribution is 2.27. The van der Waals surface area contributed by atoms with E-state index in [-0.39, 0.29) is 0 Å². The van der Waals surface area contributed by atoms with Gasteiger partial charge in [-0.2, -0.15) is 5.26 Å². The minimum Gasteiger partial charge on any atom is -0.443 e. The molecule has 2 heterocycles. The van der Waals surface area contributed by atoms with Crippen LogP contribution in [0.15, 0.2) is 35.1 Å². The molecule has 0 aliphatic carbocycles. The zero-order chi connectivity index (χ0) is 12.7. The standard InChI is InChI=1S/C14H11N3O/c1-9-11(7-15)5-13(17(9)2)10-3-4-12-14(6-10)18-8-16-12/h3-6,8H,1-2H3. The molecule has 0 aliphatic rings. The largest absolute Gasteiger partial charge is 0.443 e. The number of nitriles is 1. The highest BCUT2D eigenvalue weighted by molar-refractivity contribution is 5.79. The van der Waals surface area contributed by atoms with Crippen LogP contribution in [0.5, 0.6) is 0 Å². The van der Waals surface area contributed by atoms with Crippen molar-refractivity contribution in [3.63, 3.8) is 0 Å². The van der Waals surface area contributed by atoms with Gasteiger partial charge >= 0.3 is 0 Å². The van der Waals surface area contributed by atoms with Crippen LogP contribution in [0.3, 0.4) is 0 Å². The maximum absolute atomic E-state index is 9.05. The molecule has 3 rings (SSSR count). The Labute approximate surface area is 104 Å². The summed E-state index contributed by atoms with van der Waals surface area (Å²) in [4.78, 5) is 4.09. The Bertz CT molecular complexity index is 774. The van der Waals surface area contributed by atoms with Crippen molar-refractivity contribution in [2.24, 2.45) is 7.05 Å². The Morgan fingerprint density at radius 3 is 2.89 bits per heavy atom. The Balaban J connectivity index is 2.22. The van der Waals surface area contributed by atoms with Gasteiger partial charge in [-0.1, -0.05) is 6.07 Å². The van der Waals surface area contributed by atoms with E-state index in [0.29, 0.717) is 5.56 Å². The number of benzene rings is 1. The van der Waals surface area contributed by atoms with Crippen molar-refractivity contribution in [3.05, 3.63) is 41.9 Å². The van der Waals surface area contributed by atoms with Crippen LogP contribution in [0, 0.1) is 18.3 Å². The molecule has 18 heavy (non-hydrogen) atoms. The minimum absolute atomic E-state index is 0.699. The van der Waals surface area contributed by atoms with Gasteiger partial charge in [0, 0.05) is 24.0 Å². The first-order chi connectivity index (χ1) is 8.70. The second-order valence-electron chi connectivity index (χ2n) is 4.23. The van der Waals surface area contributed by atoms with Crippen molar-refractivity contribution in [1.82, 2.24) is 9.55 Å². The van der Waals surface area contributed by atoms with Gasteiger partial charge in [-0.25, -0.2) is 4.98 Å². The highest BCUT2D eigenvalue weighted by atomic mass is 16.3. The van der Waals surface area contributed by atoms with Gasteiger partial charge in [0.15, 0.2) is 12.0 Å². The lowest BCUT2D eigenvalue weighted by molar-refractivity contribution is 0.602. The third kappa shape index (κ3) is 1.41. The van der Waals surface area contributed by atoms with Crippen molar-refractivity contribution in [2.45, 2.75) is 6.92 Å². The number of aromatic nitrogens is 2. The Morgan fingerprint density at radius 1 is 1.33 bits per heavy atom. The predicted molar refractivity (Wildman–Crippen MR) is 67.9 cm³/mol. The lowest BCUT2D eigenvalue weighted by atomic mass is 10.1. The third-order valence-corrected chi connectivity index (χ3v) is 3.28. The predicted octanol–water partition coefficient (Wildman–Crippen LogP) is 3.01. The zero-order valence-corrected chi connectivity index (χ0v) is 10.1. The quantitative estimate of drug-likeness (QED) is 0.653. The van der Waals surface area contributed by atoms with Gasteiger partial charge in [-0.15, -0.1) is 0 Å². The molecule has 0 bridgehead atoms. The minimum atomic E-state index is 0.699. The van der Waals surface area contributed by atoms with Gasteiger partial charge in [0.05, 0.1) is 5.56 Å². The van der Waals surface area contributed by atoms with Gasteiger partial charge in [0.1, 0.15) is 11.6 Å². The maximum Gasteiger partial charge on any atom is 0.181 e. The molecule has 3 aromatic rings. The third-order valence-electron chi connectivity index (χ3n) is 3.28. The van der Waals surface area contributed by atoms with Crippen molar-refractivity contribution < 1.29 is 4.42 Å². The molecule has 2 aromatic heterocycles. The normalized spacial score (nSPS) is 10.7. The number of rotatable bonds is 1. The Morgan fingerprint density at radius 2 is 2.17 bits per heavy atom. The summed E-state index contributed by atoms with van der Waals surface area (Å²) in [7, 11) is 1.95. The molecule has 0 N–H and O–H groups in total. The lowest BCUT2D eigenvalue weighted by Gasteiger charge is -2.04. The molecule has 0 saturated carbocycles. The van der Waals surface area contributed by atoms with Gasteiger partial charge in [0.2, 0.25) is 0 Å².